The molecule has 4 rings (SSSR count). The third-order valence-corrected chi connectivity index (χ3v) is 6.22. The molecule has 6 nitrogen and oxygen atoms in total. The lowest BCUT2D eigenvalue weighted by Gasteiger charge is -2.28. The van der Waals surface area contributed by atoms with Gasteiger partial charge in [-0.15, -0.1) is 0 Å². The second-order valence-electron chi connectivity index (χ2n) is 9.05. The van der Waals surface area contributed by atoms with Crippen molar-refractivity contribution in [1.82, 2.24) is 19.6 Å². The normalized spacial score (nSPS) is 13.7. The molecule has 1 aliphatic heterocycles. The van der Waals surface area contributed by atoms with Gasteiger partial charge in [0.05, 0.1) is 30.7 Å². The molecule has 3 aromatic rings. The van der Waals surface area contributed by atoms with E-state index in [-0.39, 0.29) is 5.91 Å². The number of ether oxygens (including phenoxy) is 1. The average Bonchev–Trinajstić information content (AvgIpc) is 3.21. The zero-order valence-corrected chi connectivity index (χ0v) is 20.1. The molecule has 2 aromatic carbocycles. The van der Waals surface area contributed by atoms with Crippen molar-refractivity contribution in [2.24, 2.45) is 5.92 Å². The zero-order chi connectivity index (χ0) is 23.4. The number of methoxy groups -OCH3 is 1. The van der Waals surface area contributed by atoms with Crippen molar-refractivity contribution < 1.29 is 9.53 Å². The molecule has 0 radical (unpaired) electrons. The first-order valence-corrected chi connectivity index (χ1v) is 11.8. The van der Waals surface area contributed by atoms with Crippen molar-refractivity contribution in [3.05, 3.63) is 77.1 Å². The summed E-state index contributed by atoms with van der Waals surface area (Å²) in [4.78, 5) is 17.9. The van der Waals surface area contributed by atoms with Gasteiger partial charge in [-0.3, -0.25) is 9.69 Å². The van der Waals surface area contributed by atoms with Gasteiger partial charge in [0, 0.05) is 37.2 Å². The van der Waals surface area contributed by atoms with Crippen LogP contribution in [-0.4, -0.2) is 52.2 Å². The Morgan fingerprint density at radius 3 is 2.48 bits per heavy atom. The number of carbonyl (C=O) groups is 1. The molecule has 0 saturated carbocycles. The van der Waals surface area contributed by atoms with Crippen LogP contribution in [0.1, 0.15) is 48.1 Å². The lowest BCUT2D eigenvalue weighted by molar-refractivity contribution is 0.0719. The van der Waals surface area contributed by atoms with Crippen LogP contribution in [-0.2, 0) is 19.5 Å². The number of aromatic nitrogens is 2. The fourth-order valence-electron chi connectivity index (χ4n) is 4.48. The second kappa shape index (κ2) is 10.2. The predicted octanol–water partition coefficient (Wildman–Crippen LogP) is 4.56. The summed E-state index contributed by atoms with van der Waals surface area (Å²) in [6.45, 7) is 10.6. The van der Waals surface area contributed by atoms with Gasteiger partial charge in [-0.2, -0.15) is 5.10 Å². The van der Waals surface area contributed by atoms with E-state index in [0.717, 1.165) is 43.2 Å². The van der Waals surface area contributed by atoms with Gasteiger partial charge in [0.2, 0.25) is 0 Å². The number of hydrogen-bond acceptors (Lipinski definition) is 4. The number of rotatable bonds is 8. The summed E-state index contributed by atoms with van der Waals surface area (Å²) in [7, 11) is 1.63. The van der Waals surface area contributed by atoms with Gasteiger partial charge in [-0.05, 0) is 48.9 Å². The molecular formula is C27H34N4O2. The number of fused-ring (bicyclic) bond motifs is 1. The first kappa shape index (κ1) is 23.1. The summed E-state index contributed by atoms with van der Waals surface area (Å²) in [6, 6.07) is 17.7. The quantitative estimate of drug-likeness (QED) is 0.509. The van der Waals surface area contributed by atoms with Crippen LogP contribution in [0.4, 0.5) is 0 Å². The van der Waals surface area contributed by atoms with E-state index in [9.17, 15) is 4.79 Å². The number of likely N-dealkylation sites (N-methyl/N-ethyl adjacent to an activating group) is 1. The average molecular weight is 447 g/mol. The van der Waals surface area contributed by atoms with Crippen LogP contribution in [0.2, 0.25) is 0 Å². The molecule has 1 amide bonds. The highest BCUT2D eigenvalue weighted by molar-refractivity contribution is 5.94. The summed E-state index contributed by atoms with van der Waals surface area (Å²) in [5.41, 5.74) is 5.27. The molecule has 33 heavy (non-hydrogen) atoms. The maximum atomic E-state index is 13.5. The van der Waals surface area contributed by atoms with Crippen molar-refractivity contribution >= 4 is 5.91 Å². The van der Waals surface area contributed by atoms with Crippen LogP contribution in [0.3, 0.4) is 0 Å². The number of para-hydroxylation sites is 1. The number of hydrogen-bond donors (Lipinski definition) is 0. The molecule has 1 aliphatic rings. The van der Waals surface area contributed by atoms with Gasteiger partial charge in [-0.1, -0.05) is 39.0 Å². The highest BCUT2D eigenvalue weighted by Crippen LogP contribution is 2.27. The Hall–Kier alpha value is -3.12. The van der Waals surface area contributed by atoms with Crippen LogP contribution < -0.4 is 4.74 Å². The third kappa shape index (κ3) is 5.11. The monoisotopic (exact) mass is 446 g/mol. The van der Waals surface area contributed by atoms with Crippen molar-refractivity contribution in [2.75, 3.05) is 26.7 Å². The fraction of sp³-hybridized carbons (Fsp3) is 0.407. The van der Waals surface area contributed by atoms with E-state index >= 15 is 0 Å². The van der Waals surface area contributed by atoms with Crippen molar-refractivity contribution in [1.29, 1.82) is 0 Å². The summed E-state index contributed by atoms with van der Waals surface area (Å²) in [5.74, 6) is 1.13. The Labute approximate surface area is 196 Å². The maximum Gasteiger partial charge on any atom is 0.254 e. The van der Waals surface area contributed by atoms with Gasteiger partial charge in [0.25, 0.3) is 5.91 Å². The first-order chi connectivity index (χ1) is 16.0. The van der Waals surface area contributed by atoms with E-state index in [4.69, 9.17) is 9.84 Å². The first-order valence-electron chi connectivity index (χ1n) is 11.8. The SMILES string of the molecule is CCN1CCc2c(c(CN(CC(C)C)C(=O)c3ccc(OC)cc3)nn2-c2ccccc2)C1. The van der Waals surface area contributed by atoms with Crippen molar-refractivity contribution in [2.45, 2.75) is 40.3 Å². The Balaban J connectivity index is 1.69. The minimum atomic E-state index is 0.0255. The predicted molar refractivity (Wildman–Crippen MR) is 131 cm³/mol. The van der Waals surface area contributed by atoms with E-state index in [1.54, 1.807) is 7.11 Å². The molecular weight excluding hydrogens is 412 g/mol. The van der Waals surface area contributed by atoms with Crippen LogP contribution in [0, 0.1) is 5.92 Å². The van der Waals surface area contributed by atoms with Crippen molar-refractivity contribution in [3.63, 3.8) is 0 Å². The molecule has 0 atom stereocenters. The smallest absolute Gasteiger partial charge is 0.254 e. The minimum absolute atomic E-state index is 0.0255. The molecule has 0 spiro atoms. The zero-order valence-electron chi connectivity index (χ0n) is 20.1. The maximum absolute atomic E-state index is 13.5. The summed E-state index contributed by atoms with van der Waals surface area (Å²) < 4.78 is 7.34. The van der Waals surface area contributed by atoms with Crippen LogP contribution in [0.15, 0.2) is 54.6 Å². The number of amides is 1. The number of nitrogens with zero attached hydrogens (tertiary/aromatic N) is 4. The van der Waals surface area contributed by atoms with Crippen molar-refractivity contribution in [3.8, 4) is 11.4 Å². The highest BCUT2D eigenvalue weighted by Gasteiger charge is 2.27. The largest absolute Gasteiger partial charge is 0.497 e. The van der Waals surface area contributed by atoms with E-state index in [1.807, 2.05) is 47.4 Å². The van der Waals surface area contributed by atoms with E-state index in [2.05, 4.69) is 42.5 Å². The molecule has 0 N–H and O–H groups in total. The Morgan fingerprint density at radius 1 is 1.12 bits per heavy atom. The van der Waals surface area contributed by atoms with Crippen LogP contribution in [0.25, 0.3) is 5.69 Å². The van der Waals surface area contributed by atoms with Crippen LogP contribution >= 0.6 is 0 Å². The highest BCUT2D eigenvalue weighted by atomic mass is 16.5. The summed E-state index contributed by atoms with van der Waals surface area (Å²) in [6.07, 6.45) is 0.960. The molecule has 174 valence electrons. The van der Waals surface area contributed by atoms with E-state index in [0.29, 0.717) is 24.6 Å². The molecule has 1 aromatic heterocycles. The van der Waals surface area contributed by atoms with Gasteiger partial charge < -0.3 is 9.64 Å². The van der Waals surface area contributed by atoms with Gasteiger partial charge in [0.15, 0.2) is 0 Å². The molecule has 0 saturated heterocycles. The fourth-order valence-corrected chi connectivity index (χ4v) is 4.48. The summed E-state index contributed by atoms with van der Waals surface area (Å²) >= 11 is 0. The van der Waals surface area contributed by atoms with E-state index in [1.165, 1.54) is 11.3 Å². The van der Waals surface area contributed by atoms with Gasteiger partial charge >= 0.3 is 0 Å². The minimum Gasteiger partial charge on any atom is -0.497 e. The Kier molecular flexibility index (Phi) is 7.14. The summed E-state index contributed by atoms with van der Waals surface area (Å²) in [5, 5.41) is 5.06. The van der Waals surface area contributed by atoms with Crippen LogP contribution in [0.5, 0.6) is 5.75 Å². The van der Waals surface area contributed by atoms with E-state index < -0.39 is 0 Å². The molecule has 0 bridgehead atoms. The molecule has 2 heterocycles. The Morgan fingerprint density at radius 2 is 1.85 bits per heavy atom. The number of carbonyl (C=O) groups excluding carboxylic acids is 1. The molecule has 0 unspecified atom stereocenters. The molecule has 0 fully saturated rings. The lowest BCUT2D eigenvalue weighted by atomic mass is 10.0. The standard InChI is InChI=1S/C27H34N4O2/c1-5-29-16-15-26-24(18-29)25(28-31(26)22-9-7-6-8-10-22)19-30(17-20(2)3)27(32)21-11-13-23(33-4)14-12-21/h6-14,20H,5,15-19H2,1-4H3. The molecule has 6 heteroatoms. The number of benzene rings is 2. The van der Waals surface area contributed by atoms with Gasteiger partial charge in [0.1, 0.15) is 5.75 Å². The Bertz CT molecular complexity index is 1070. The third-order valence-electron chi connectivity index (χ3n) is 6.22. The molecule has 0 aliphatic carbocycles. The lowest BCUT2D eigenvalue weighted by Crippen LogP contribution is -2.35. The van der Waals surface area contributed by atoms with Gasteiger partial charge in [-0.25, -0.2) is 4.68 Å². The second-order valence-corrected chi connectivity index (χ2v) is 9.05. The topological polar surface area (TPSA) is 50.6 Å².